The number of benzene rings is 1. The third-order valence-corrected chi connectivity index (χ3v) is 4.44. The first kappa shape index (κ1) is 14.4. The van der Waals surface area contributed by atoms with Gasteiger partial charge in [-0.1, -0.05) is 18.6 Å². The highest BCUT2D eigenvalue weighted by atomic mass is 32.2. The molecule has 0 saturated carbocycles. The molecule has 2 rings (SSSR count). The van der Waals surface area contributed by atoms with Crippen molar-refractivity contribution in [1.29, 1.82) is 0 Å². The van der Waals surface area contributed by atoms with Gasteiger partial charge >= 0.3 is 5.97 Å². The summed E-state index contributed by atoms with van der Waals surface area (Å²) in [5.41, 5.74) is 1.13. The minimum Gasteiger partial charge on any atom is -0.481 e. The van der Waals surface area contributed by atoms with Crippen LogP contribution in [0.4, 0.5) is 0 Å². The predicted molar refractivity (Wildman–Crippen MR) is 78.6 cm³/mol. The summed E-state index contributed by atoms with van der Waals surface area (Å²) < 4.78 is 0. The van der Waals surface area contributed by atoms with Crippen molar-refractivity contribution in [2.75, 3.05) is 19.3 Å². The molecule has 1 N–H and O–H groups in total. The fourth-order valence-electron chi connectivity index (χ4n) is 2.68. The monoisotopic (exact) mass is 279 g/mol. The van der Waals surface area contributed by atoms with Crippen LogP contribution in [0.15, 0.2) is 29.2 Å². The van der Waals surface area contributed by atoms with Gasteiger partial charge in [0.05, 0.1) is 6.42 Å². The van der Waals surface area contributed by atoms with Crippen molar-refractivity contribution in [3.8, 4) is 0 Å². The highest BCUT2D eigenvalue weighted by Gasteiger charge is 2.24. The number of nitrogens with zero attached hydrogens (tertiary/aromatic N) is 1. The fraction of sp³-hybridized carbons (Fsp3) is 0.533. The summed E-state index contributed by atoms with van der Waals surface area (Å²) in [4.78, 5) is 14.7. The lowest BCUT2D eigenvalue weighted by Crippen LogP contribution is -2.34. The Hall–Kier alpha value is -1.00. The van der Waals surface area contributed by atoms with Crippen LogP contribution in [0.5, 0.6) is 0 Å². The van der Waals surface area contributed by atoms with Gasteiger partial charge in [0.1, 0.15) is 0 Å². The fourth-order valence-corrected chi connectivity index (χ4v) is 3.09. The first-order valence-electron chi connectivity index (χ1n) is 6.80. The van der Waals surface area contributed by atoms with Crippen LogP contribution in [-0.2, 0) is 4.79 Å². The van der Waals surface area contributed by atoms with Crippen LogP contribution in [-0.4, -0.2) is 35.3 Å². The quantitative estimate of drug-likeness (QED) is 0.839. The molecule has 0 radical (unpaired) electrons. The number of rotatable bonds is 5. The van der Waals surface area contributed by atoms with E-state index >= 15 is 0 Å². The number of piperidine rings is 1. The molecule has 1 aromatic rings. The number of aliphatic carboxylic acids is 1. The summed E-state index contributed by atoms with van der Waals surface area (Å²) in [6.07, 6.45) is 5.87. The molecule has 19 heavy (non-hydrogen) atoms. The molecule has 0 bridgehead atoms. The van der Waals surface area contributed by atoms with E-state index < -0.39 is 5.97 Å². The van der Waals surface area contributed by atoms with Gasteiger partial charge in [-0.05, 0) is 49.9 Å². The third kappa shape index (κ3) is 3.98. The molecular formula is C15H21NO2S. The molecular weight excluding hydrogens is 258 g/mol. The van der Waals surface area contributed by atoms with Crippen LogP contribution in [0, 0.1) is 0 Å². The Morgan fingerprint density at radius 2 is 1.89 bits per heavy atom. The Morgan fingerprint density at radius 1 is 1.26 bits per heavy atom. The summed E-state index contributed by atoms with van der Waals surface area (Å²) in [5.74, 6) is -0.718. The van der Waals surface area contributed by atoms with Crippen molar-refractivity contribution in [2.45, 2.75) is 36.6 Å². The Morgan fingerprint density at radius 3 is 2.42 bits per heavy atom. The Bertz CT molecular complexity index is 413. The summed E-state index contributed by atoms with van der Waals surface area (Å²) in [6.45, 7) is 2.03. The lowest BCUT2D eigenvalue weighted by Gasteiger charge is -2.34. The summed E-state index contributed by atoms with van der Waals surface area (Å²) in [6, 6.07) is 8.34. The van der Waals surface area contributed by atoms with E-state index in [1.165, 1.54) is 24.2 Å². The molecule has 0 aliphatic carbocycles. The molecule has 104 valence electrons. The van der Waals surface area contributed by atoms with E-state index in [9.17, 15) is 4.79 Å². The van der Waals surface area contributed by atoms with Crippen LogP contribution in [0.1, 0.15) is 37.3 Å². The van der Waals surface area contributed by atoms with Crippen LogP contribution >= 0.6 is 11.8 Å². The van der Waals surface area contributed by atoms with Crippen molar-refractivity contribution >= 4 is 17.7 Å². The third-order valence-electron chi connectivity index (χ3n) is 3.70. The summed E-state index contributed by atoms with van der Waals surface area (Å²) in [5, 5.41) is 9.15. The molecule has 0 spiro atoms. The zero-order valence-electron chi connectivity index (χ0n) is 11.3. The Kier molecular flexibility index (Phi) is 5.28. The van der Waals surface area contributed by atoms with E-state index in [0.717, 1.165) is 18.7 Å². The first-order chi connectivity index (χ1) is 9.20. The number of thioether (sulfide) groups is 1. The molecule has 1 aromatic carbocycles. The highest BCUT2D eigenvalue weighted by Crippen LogP contribution is 2.29. The van der Waals surface area contributed by atoms with Gasteiger partial charge in [0.15, 0.2) is 0 Å². The second-order valence-electron chi connectivity index (χ2n) is 4.98. The minimum atomic E-state index is -0.718. The maximum absolute atomic E-state index is 11.1. The SMILES string of the molecule is CSc1ccc(C(CC(=O)O)N2CCCCC2)cc1. The topological polar surface area (TPSA) is 40.5 Å². The minimum absolute atomic E-state index is 0.0220. The highest BCUT2D eigenvalue weighted by molar-refractivity contribution is 7.98. The van der Waals surface area contributed by atoms with E-state index in [0.29, 0.717) is 0 Å². The number of hydrogen-bond donors (Lipinski definition) is 1. The van der Waals surface area contributed by atoms with E-state index in [1.807, 2.05) is 6.26 Å². The molecule has 1 aliphatic rings. The zero-order valence-corrected chi connectivity index (χ0v) is 12.2. The van der Waals surface area contributed by atoms with Crippen LogP contribution < -0.4 is 0 Å². The van der Waals surface area contributed by atoms with Crippen molar-refractivity contribution in [1.82, 2.24) is 4.90 Å². The Labute approximate surface area is 119 Å². The largest absolute Gasteiger partial charge is 0.481 e. The Balaban J connectivity index is 2.17. The van der Waals surface area contributed by atoms with E-state index in [-0.39, 0.29) is 12.5 Å². The maximum Gasteiger partial charge on any atom is 0.305 e. The van der Waals surface area contributed by atoms with Crippen LogP contribution in [0.25, 0.3) is 0 Å². The van der Waals surface area contributed by atoms with Crippen molar-refractivity contribution in [3.05, 3.63) is 29.8 Å². The first-order valence-corrected chi connectivity index (χ1v) is 8.03. The second-order valence-corrected chi connectivity index (χ2v) is 5.86. The van der Waals surface area contributed by atoms with Gasteiger partial charge in [-0.2, -0.15) is 0 Å². The molecule has 1 aliphatic heterocycles. The molecule has 1 fully saturated rings. The molecule has 0 aromatic heterocycles. The molecule has 4 heteroatoms. The van der Waals surface area contributed by atoms with Gasteiger partial charge in [-0.15, -0.1) is 11.8 Å². The number of carbonyl (C=O) groups is 1. The van der Waals surface area contributed by atoms with E-state index in [4.69, 9.17) is 5.11 Å². The average molecular weight is 279 g/mol. The molecule has 1 saturated heterocycles. The van der Waals surface area contributed by atoms with Gasteiger partial charge in [0.2, 0.25) is 0 Å². The summed E-state index contributed by atoms with van der Waals surface area (Å²) >= 11 is 1.71. The average Bonchev–Trinajstić information content (AvgIpc) is 2.46. The molecule has 1 unspecified atom stereocenters. The lowest BCUT2D eigenvalue weighted by atomic mass is 9.99. The van der Waals surface area contributed by atoms with Crippen LogP contribution in [0.3, 0.4) is 0 Å². The number of likely N-dealkylation sites (tertiary alicyclic amines) is 1. The van der Waals surface area contributed by atoms with Gasteiger partial charge < -0.3 is 5.11 Å². The van der Waals surface area contributed by atoms with Gasteiger partial charge in [-0.25, -0.2) is 0 Å². The number of hydrogen-bond acceptors (Lipinski definition) is 3. The maximum atomic E-state index is 11.1. The standard InChI is InChI=1S/C15H21NO2S/c1-19-13-7-5-12(6-8-13)14(11-15(17)18)16-9-3-2-4-10-16/h5-8,14H,2-4,9-11H2,1H3,(H,17,18). The lowest BCUT2D eigenvalue weighted by molar-refractivity contribution is -0.138. The molecule has 1 heterocycles. The van der Waals surface area contributed by atoms with Gasteiger partial charge in [0.25, 0.3) is 0 Å². The zero-order chi connectivity index (χ0) is 13.7. The normalized spacial score (nSPS) is 18.2. The molecule has 1 atom stereocenters. The number of carboxylic acids is 1. The molecule has 3 nitrogen and oxygen atoms in total. The number of carboxylic acid groups (broad SMARTS) is 1. The van der Waals surface area contributed by atoms with E-state index in [1.54, 1.807) is 11.8 Å². The van der Waals surface area contributed by atoms with Crippen molar-refractivity contribution < 1.29 is 9.90 Å². The molecule has 0 amide bonds. The van der Waals surface area contributed by atoms with E-state index in [2.05, 4.69) is 29.2 Å². The van der Waals surface area contributed by atoms with Crippen molar-refractivity contribution in [2.24, 2.45) is 0 Å². The predicted octanol–water partition coefficient (Wildman–Crippen LogP) is 3.41. The summed E-state index contributed by atoms with van der Waals surface area (Å²) in [7, 11) is 0. The van der Waals surface area contributed by atoms with Gasteiger partial charge in [0, 0.05) is 10.9 Å². The van der Waals surface area contributed by atoms with Gasteiger partial charge in [-0.3, -0.25) is 9.69 Å². The second kappa shape index (κ2) is 6.96. The van der Waals surface area contributed by atoms with Crippen LogP contribution in [0.2, 0.25) is 0 Å². The smallest absolute Gasteiger partial charge is 0.305 e. The van der Waals surface area contributed by atoms with Crippen molar-refractivity contribution in [3.63, 3.8) is 0 Å².